The van der Waals surface area contributed by atoms with Gasteiger partial charge in [0, 0.05) is 28.7 Å². The van der Waals surface area contributed by atoms with Crippen LogP contribution < -0.4 is 14.4 Å². The summed E-state index contributed by atoms with van der Waals surface area (Å²) in [6.07, 6.45) is 4.49. The van der Waals surface area contributed by atoms with Gasteiger partial charge in [0.2, 0.25) is 0 Å². The second-order valence-corrected chi connectivity index (χ2v) is 11.6. The number of hydrogen-bond acceptors (Lipinski definition) is 3. The zero-order valence-corrected chi connectivity index (χ0v) is 26.3. The predicted octanol–water partition coefficient (Wildman–Crippen LogP) is 11.0. The molecule has 0 saturated heterocycles. The zero-order chi connectivity index (χ0) is 29.6. The van der Waals surface area contributed by atoms with E-state index in [1.165, 1.54) is 11.1 Å². The molecule has 3 heteroatoms. The summed E-state index contributed by atoms with van der Waals surface area (Å²) in [5.74, 6) is 1.58. The van der Waals surface area contributed by atoms with E-state index in [0.717, 1.165) is 65.4 Å². The Kier molecular flexibility index (Phi) is 9.48. The number of benzene rings is 4. The molecule has 0 saturated carbocycles. The van der Waals surface area contributed by atoms with Gasteiger partial charge < -0.3 is 14.4 Å². The van der Waals surface area contributed by atoms with Crippen molar-refractivity contribution in [3.05, 3.63) is 102 Å². The fourth-order valence-electron chi connectivity index (χ4n) is 5.62. The zero-order valence-electron chi connectivity index (χ0n) is 26.3. The van der Waals surface area contributed by atoms with Gasteiger partial charge in [0.05, 0.1) is 14.2 Å². The van der Waals surface area contributed by atoms with Crippen LogP contribution in [0.15, 0.2) is 91.0 Å². The molecule has 0 bridgehead atoms. The summed E-state index contributed by atoms with van der Waals surface area (Å²) in [4.78, 5) is 2.35. The van der Waals surface area contributed by atoms with Gasteiger partial charge in [-0.2, -0.15) is 0 Å². The van der Waals surface area contributed by atoms with Crippen molar-refractivity contribution in [2.24, 2.45) is 0 Å². The highest BCUT2D eigenvalue weighted by Gasteiger charge is 2.24. The standard InChI is InChI=1S/C38H47NO2/c1-9-37(5,10-2)29-15-21-32(22-16-29)39(33-23-17-30(18-24-33)38(6,11-3)12-4)31-19-13-28(14-20-31)35-26-25-34(40-7)27-36(35)41-8/h13-27H,9-12H2,1-8H3. The van der Waals surface area contributed by atoms with Crippen LogP contribution in [0.3, 0.4) is 0 Å². The Balaban J connectivity index is 1.77. The lowest BCUT2D eigenvalue weighted by Gasteiger charge is -2.31. The molecule has 0 aliphatic heterocycles. The van der Waals surface area contributed by atoms with E-state index < -0.39 is 0 Å². The normalized spacial score (nSPS) is 11.8. The number of rotatable bonds is 12. The number of hydrogen-bond donors (Lipinski definition) is 0. The molecule has 0 radical (unpaired) electrons. The number of nitrogens with zero attached hydrogens (tertiary/aromatic N) is 1. The molecule has 0 spiro atoms. The molecule has 4 aromatic rings. The topological polar surface area (TPSA) is 21.7 Å². The van der Waals surface area contributed by atoms with Crippen molar-refractivity contribution in [1.82, 2.24) is 0 Å². The molecule has 0 heterocycles. The van der Waals surface area contributed by atoms with Gasteiger partial charge in [0.1, 0.15) is 11.5 Å². The third-order valence-corrected chi connectivity index (χ3v) is 9.61. The first-order chi connectivity index (χ1) is 19.7. The average molecular weight is 550 g/mol. The van der Waals surface area contributed by atoms with E-state index in [0.29, 0.717) is 0 Å². The first-order valence-electron chi connectivity index (χ1n) is 15.1. The summed E-state index contributed by atoms with van der Waals surface area (Å²) in [6, 6.07) is 33.0. The second-order valence-electron chi connectivity index (χ2n) is 11.6. The van der Waals surface area contributed by atoms with Crippen molar-refractivity contribution >= 4 is 17.1 Å². The van der Waals surface area contributed by atoms with Crippen molar-refractivity contribution in [2.45, 2.75) is 78.1 Å². The molecular weight excluding hydrogens is 502 g/mol. The molecule has 4 aromatic carbocycles. The van der Waals surface area contributed by atoms with Crippen molar-refractivity contribution in [3.63, 3.8) is 0 Å². The van der Waals surface area contributed by atoms with Crippen LogP contribution in [0.5, 0.6) is 11.5 Å². The molecule has 0 N–H and O–H groups in total. The van der Waals surface area contributed by atoms with E-state index in [4.69, 9.17) is 9.47 Å². The highest BCUT2D eigenvalue weighted by molar-refractivity contribution is 5.79. The first kappa shape index (κ1) is 30.2. The second kappa shape index (κ2) is 12.9. The van der Waals surface area contributed by atoms with Crippen LogP contribution in [0.4, 0.5) is 17.1 Å². The van der Waals surface area contributed by atoms with Crippen LogP contribution in [-0.2, 0) is 10.8 Å². The van der Waals surface area contributed by atoms with Crippen LogP contribution in [0.2, 0.25) is 0 Å². The summed E-state index contributed by atoms with van der Waals surface area (Å²) >= 11 is 0. The summed E-state index contributed by atoms with van der Waals surface area (Å²) < 4.78 is 11.1. The van der Waals surface area contributed by atoms with Gasteiger partial charge in [-0.05, 0) is 102 Å². The van der Waals surface area contributed by atoms with E-state index in [1.54, 1.807) is 14.2 Å². The van der Waals surface area contributed by atoms with Crippen molar-refractivity contribution < 1.29 is 9.47 Å². The molecule has 216 valence electrons. The third-order valence-electron chi connectivity index (χ3n) is 9.61. The smallest absolute Gasteiger partial charge is 0.130 e. The highest BCUT2D eigenvalue weighted by atomic mass is 16.5. The maximum absolute atomic E-state index is 5.68. The predicted molar refractivity (Wildman–Crippen MR) is 176 cm³/mol. The average Bonchev–Trinajstić information content (AvgIpc) is 3.04. The van der Waals surface area contributed by atoms with Gasteiger partial charge in [-0.1, -0.05) is 77.9 Å². The van der Waals surface area contributed by atoms with E-state index in [1.807, 2.05) is 12.1 Å². The Hall–Kier alpha value is -3.72. The summed E-state index contributed by atoms with van der Waals surface area (Å²) in [5, 5.41) is 0. The van der Waals surface area contributed by atoms with Gasteiger partial charge in [-0.15, -0.1) is 0 Å². The monoisotopic (exact) mass is 549 g/mol. The maximum atomic E-state index is 5.68. The molecule has 0 fully saturated rings. The Morgan fingerprint density at radius 1 is 0.537 bits per heavy atom. The quantitative estimate of drug-likeness (QED) is 0.175. The van der Waals surface area contributed by atoms with Crippen molar-refractivity contribution in [2.75, 3.05) is 19.1 Å². The van der Waals surface area contributed by atoms with Crippen LogP contribution in [0.1, 0.15) is 78.4 Å². The molecule has 3 nitrogen and oxygen atoms in total. The summed E-state index contributed by atoms with van der Waals surface area (Å²) in [6.45, 7) is 13.9. The number of anilines is 3. The minimum atomic E-state index is 0.189. The largest absolute Gasteiger partial charge is 0.497 e. The molecule has 0 unspecified atom stereocenters. The molecule has 0 aromatic heterocycles. The SMILES string of the molecule is CCC(C)(CC)c1ccc(N(c2ccc(-c3ccc(OC)cc3OC)cc2)c2ccc(C(C)(CC)CC)cc2)cc1. The van der Waals surface area contributed by atoms with Gasteiger partial charge in [0.25, 0.3) is 0 Å². The number of methoxy groups -OCH3 is 2. The maximum Gasteiger partial charge on any atom is 0.130 e. The van der Waals surface area contributed by atoms with Crippen LogP contribution in [0.25, 0.3) is 11.1 Å². The van der Waals surface area contributed by atoms with Crippen LogP contribution in [0, 0.1) is 0 Å². The lowest BCUT2D eigenvalue weighted by Crippen LogP contribution is -2.20. The Morgan fingerprint density at radius 2 is 0.951 bits per heavy atom. The molecule has 0 amide bonds. The fraction of sp³-hybridized carbons (Fsp3) is 0.368. The minimum Gasteiger partial charge on any atom is -0.497 e. The van der Waals surface area contributed by atoms with Crippen LogP contribution in [-0.4, -0.2) is 14.2 Å². The van der Waals surface area contributed by atoms with E-state index in [2.05, 4.69) is 125 Å². The van der Waals surface area contributed by atoms with Crippen molar-refractivity contribution in [3.8, 4) is 22.6 Å². The van der Waals surface area contributed by atoms with Gasteiger partial charge in [0.15, 0.2) is 0 Å². The molecule has 41 heavy (non-hydrogen) atoms. The third kappa shape index (κ3) is 6.15. The van der Waals surface area contributed by atoms with Crippen LogP contribution >= 0.6 is 0 Å². The lowest BCUT2D eigenvalue weighted by molar-refractivity contribution is 0.395. The molecule has 4 rings (SSSR count). The minimum absolute atomic E-state index is 0.189. The van der Waals surface area contributed by atoms with Gasteiger partial charge in [-0.3, -0.25) is 0 Å². The summed E-state index contributed by atoms with van der Waals surface area (Å²) in [5.41, 5.74) is 8.72. The first-order valence-corrected chi connectivity index (χ1v) is 15.1. The molecule has 0 aliphatic rings. The van der Waals surface area contributed by atoms with Gasteiger partial charge >= 0.3 is 0 Å². The van der Waals surface area contributed by atoms with Crippen molar-refractivity contribution in [1.29, 1.82) is 0 Å². The molecule has 0 atom stereocenters. The molecule has 0 aliphatic carbocycles. The molecular formula is C38H47NO2. The van der Waals surface area contributed by atoms with Gasteiger partial charge in [-0.25, -0.2) is 0 Å². The number of ether oxygens (including phenoxy) is 2. The Morgan fingerprint density at radius 3 is 1.32 bits per heavy atom. The lowest BCUT2D eigenvalue weighted by atomic mass is 9.78. The van der Waals surface area contributed by atoms with E-state index in [-0.39, 0.29) is 10.8 Å². The summed E-state index contributed by atoms with van der Waals surface area (Å²) in [7, 11) is 3.37. The highest BCUT2D eigenvalue weighted by Crippen LogP contribution is 2.40. The Bertz CT molecular complexity index is 1340. The van der Waals surface area contributed by atoms with E-state index in [9.17, 15) is 0 Å². The van der Waals surface area contributed by atoms with E-state index >= 15 is 0 Å². The fourth-order valence-corrected chi connectivity index (χ4v) is 5.62. The Labute approximate surface area is 248 Å².